The molecule has 0 unspecified atom stereocenters. The zero-order valence-corrected chi connectivity index (χ0v) is 11.6. The number of rotatable bonds is 2. The SMILES string of the molecule is Nc1ccc(Nc2ccc(F)cc2Cl)c(I)c1. The summed E-state index contributed by atoms with van der Waals surface area (Å²) in [5.74, 6) is -0.354. The summed E-state index contributed by atoms with van der Waals surface area (Å²) in [7, 11) is 0. The van der Waals surface area contributed by atoms with E-state index >= 15 is 0 Å². The Bertz CT molecular complexity index is 511. The fourth-order valence-electron chi connectivity index (χ4n) is 1.37. The van der Waals surface area contributed by atoms with Crippen LogP contribution in [-0.2, 0) is 0 Å². The maximum Gasteiger partial charge on any atom is 0.124 e. The van der Waals surface area contributed by atoms with Gasteiger partial charge in [-0.2, -0.15) is 0 Å². The minimum absolute atomic E-state index is 0.345. The average molecular weight is 363 g/mol. The molecule has 0 aliphatic carbocycles. The van der Waals surface area contributed by atoms with Crippen LogP contribution in [0.15, 0.2) is 36.4 Å². The number of nitrogens with two attached hydrogens (primary N) is 1. The number of nitrogens with one attached hydrogen (secondary N) is 1. The molecule has 0 atom stereocenters. The molecule has 0 heterocycles. The van der Waals surface area contributed by atoms with Crippen LogP contribution in [0.3, 0.4) is 0 Å². The summed E-state index contributed by atoms with van der Waals surface area (Å²) >= 11 is 8.10. The molecule has 0 saturated heterocycles. The lowest BCUT2D eigenvalue weighted by molar-refractivity contribution is 0.628. The van der Waals surface area contributed by atoms with Crippen molar-refractivity contribution in [2.45, 2.75) is 0 Å². The summed E-state index contributed by atoms with van der Waals surface area (Å²) in [5, 5.41) is 3.48. The number of hydrogen-bond donors (Lipinski definition) is 2. The van der Waals surface area contributed by atoms with Gasteiger partial charge in [-0.15, -0.1) is 0 Å². The van der Waals surface area contributed by atoms with E-state index in [2.05, 4.69) is 27.9 Å². The molecule has 0 aliphatic heterocycles. The number of anilines is 3. The third-order valence-electron chi connectivity index (χ3n) is 2.19. The quantitative estimate of drug-likeness (QED) is 0.613. The van der Waals surface area contributed by atoms with Gasteiger partial charge >= 0.3 is 0 Å². The van der Waals surface area contributed by atoms with Gasteiger partial charge in [-0.05, 0) is 59.0 Å². The standard InChI is InChI=1S/C12H9ClFIN2/c13-9-5-7(14)1-3-11(9)17-12-4-2-8(16)6-10(12)15/h1-6,17H,16H2. The highest BCUT2D eigenvalue weighted by atomic mass is 127. The molecule has 0 aliphatic rings. The van der Waals surface area contributed by atoms with Crippen LogP contribution in [-0.4, -0.2) is 0 Å². The predicted octanol–water partition coefficient (Wildman–Crippen LogP) is 4.41. The summed E-state index contributed by atoms with van der Waals surface area (Å²) in [6.07, 6.45) is 0. The molecule has 2 aromatic rings. The molecule has 17 heavy (non-hydrogen) atoms. The molecule has 2 aromatic carbocycles. The van der Waals surface area contributed by atoms with Crippen LogP contribution in [0.25, 0.3) is 0 Å². The van der Waals surface area contributed by atoms with Crippen molar-refractivity contribution in [2.75, 3.05) is 11.1 Å². The summed E-state index contributed by atoms with van der Waals surface area (Å²) in [4.78, 5) is 0. The van der Waals surface area contributed by atoms with Gasteiger partial charge in [-0.3, -0.25) is 0 Å². The molecule has 0 radical (unpaired) electrons. The monoisotopic (exact) mass is 362 g/mol. The van der Waals surface area contributed by atoms with Gasteiger partial charge < -0.3 is 11.1 Å². The second-order valence-electron chi connectivity index (χ2n) is 3.49. The Kier molecular flexibility index (Phi) is 3.73. The van der Waals surface area contributed by atoms with Crippen molar-refractivity contribution < 1.29 is 4.39 Å². The van der Waals surface area contributed by atoms with Crippen molar-refractivity contribution in [1.82, 2.24) is 0 Å². The predicted molar refractivity (Wildman–Crippen MR) is 78.3 cm³/mol. The molecule has 88 valence electrons. The highest BCUT2D eigenvalue weighted by Crippen LogP contribution is 2.29. The van der Waals surface area contributed by atoms with Crippen molar-refractivity contribution in [1.29, 1.82) is 0 Å². The van der Waals surface area contributed by atoms with Crippen LogP contribution >= 0.6 is 34.2 Å². The molecule has 0 amide bonds. The molecule has 5 heteroatoms. The molecular formula is C12H9ClFIN2. The van der Waals surface area contributed by atoms with Crippen LogP contribution in [0.2, 0.25) is 5.02 Å². The smallest absolute Gasteiger partial charge is 0.124 e. The molecule has 0 bridgehead atoms. The Morgan fingerprint density at radius 3 is 2.47 bits per heavy atom. The first-order chi connectivity index (χ1) is 8.06. The van der Waals surface area contributed by atoms with Crippen molar-refractivity contribution in [3.63, 3.8) is 0 Å². The van der Waals surface area contributed by atoms with Crippen LogP contribution in [0.4, 0.5) is 21.5 Å². The number of hydrogen-bond acceptors (Lipinski definition) is 2. The fraction of sp³-hybridized carbons (Fsp3) is 0. The minimum atomic E-state index is -0.354. The molecule has 2 rings (SSSR count). The maximum absolute atomic E-state index is 12.9. The van der Waals surface area contributed by atoms with E-state index in [1.165, 1.54) is 12.1 Å². The van der Waals surface area contributed by atoms with E-state index in [-0.39, 0.29) is 5.82 Å². The highest BCUT2D eigenvalue weighted by molar-refractivity contribution is 14.1. The minimum Gasteiger partial charge on any atom is -0.399 e. The number of nitrogen functional groups attached to an aromatic ring is 1. The van der Waals surface area contributed by atoms with E-state index in [4.69, 9.17) is 17.3 Å². The normalized spacial score (nSPS) is 10.3. The van der Waals surface area contributed by atoms with Gasteiger partial charge in [-0.1, -0.05) is 11.6 Å². The summed E-state index contributed by atoms with van der Waals surface area (Å²) in [5.41, 5.74) is 7.91. The Morgan fingerprint density at radius 1 is 1.12 bits per heavy atom. The van der Waals surface area contributed by atoms with E-state index in [1.807, 2.05) is 12.1 Å². The molecule has 0 saturated carbocycles. The Morgan fingerprint density at radius 2 is 1.82 bits per heavy atom. The Hall–Kier alpha value is -1.01. The van der Waals surface area contributed by atoms with E-state index in [0.29, 0.717) is 16.4 Å². The average Bonchev–Trinajstić information content (AvgIpc) is 2.25. The van der Waals surface area contributed by atoms with E-state index in [9.17, 15) is 4.39 Å². The van der Waals surface area contributed by atoms with E-state index in [1.54, 1.807) is 12.1 Å². The number of halogens is 3. The second kappa shape index (κ2) is 5.10. The largest absolute Gasteiger partial charge is 0.399 e. The van der Waals surface area contributed by atoms with Crippen LogP contribution < -0.4 is 11.1 Å². The first-order valence-electron chi connectivity index (χ1n) is 4.83. The Labute approximate surface area is 117 Å². The lowest BCUT2D eigenvalue weighted by Crippen LogP contribution is -1.95. The molecule has 0 fully saturated rings. The maximum atomic E-state index is 12.9. The van der Waals surface area contributed by atoms with Gasteiger partial charge in [0.25, 0.3) is 0 Å². The highest BCUT2D eigenvalue weighted by Gasteiger charge is 2.05. The van der Waals surface area contributed by atoms with Gasteiger partial charge in [0.05, 0.1) is 16.4 Å². The Balaban J connectivity index is 2.31. The second-order valence-corrected chi connectivity index (χ2v) is 5.06. The van der Waals surface area contributed by atoms with Crippen molar-refractivity contribution >= 4 is 51.3 Å². The third-order valence-corrected chi connectivity index (χ3v) is 3.40. The van der Waals surface area contributed by atoms with Crippen molar-refractivity contribution in [2.24, 2.45) is 0 Å². The summed E-state index contributed by atoms with van der Waals surface area (Å²) < 4.78 is 13.9. The van der Waals surface area contributed by atoms with Gasteiger partial charge in [0, 0.05) is 9.26 Å². The van der Waals surface area contributed by atoms with Crippen LogP contribution in [0.5, 0.6) is 0 Å². The van der Waals surface area contributed by atoms with Crippen molar-refractivity contribution in [3.05, 3.63) is 50.8 Å². The molecule has 3 N–H and O–H groups in total. The van der Waals surface area contributed by atoms with Gasteiger partial charge in [0.1, 0.15) is 5.82 Å². The van der Waals surface area contributed by atoms with Crippen LogP contribution in [0, 0.1) is 9.39 Å². The van der Waals surface area contributed by atoms with E-state index in [0.717, 1.165) is 9.26 Å². The van der Waals surface area contributed by atoms with Crippen molar-refractivity contribution in [3.8, 4) is 0 Å². The lowest BCUT2D eigenvalue weighted by atomic mass is 10.2. The first kappa shape index (κ1) is 12.4. The molecular weight excluding hydrogens is 354 g/mol. The van der Waals surface area contributed by atoms with Crippen LogP contribution in [0.1, 0.15) is 0 Å². The number of benzene rings is 2. The zero-order chi connectivity index (χ0) is 12.4. The summed E-state index contributed by atoms with van der Waals surface area (Å²) in [6, 6.07) is 9.73. The molecule has 0 aromatic heterocycles. The molecule has 2 nitrogen and oxygen atoms in total. The first-order valence-corrected chi connectivity index (χ1v) is 6.29. The summed E-state index contributed by atoms with van der Waals surface area (Å²) in [6.45, 7) is 0. The zero-order valence-electron chi connectivity index (χ0n) is 8.68. The lowest BCUT2D eigenvalue weighted by Gasteiger charge is -2.10. The van der Waals surface area contributed by atoms with Gasteiger partial charge in [-0.25, -0.2) is 4.39 Å². The molecule has 0 spiro atoms. The fourth-order valence-corrected chi connectivity index (χ4v) is 2.26. The van der Waals surface area contributed by atoms with Gasteiger partial charge in [0.2, 0.25) is 0 Å². The van der Waals surface area contributed by atoms with Gasteiger partial charge in [0.15, 0.2) is 0 Å². The topological polar surface area (TPSA) is 38.0 Å². The van der Waals surface area contributed by atoms with E-state index < -0.39 is 0 Å². The third kappa shape index (κ3) is 3.01.